The first kappa shape index (κ1) is 26.9. The number of nitrogens with one attached hydrogen (secondary N) is 1. The third kappa shape index (κ3) is 6.09. The van der Waals surface area contributed by atoms with Crippen LogP contribution in [0, 0.1) is 5.92 Å². The molecule has 0 aliphatic carbocycles. The fourth-order valence-electron chi connectivity index (χ4n) is 3.81. The van der Waals surface area contributed by atoms with E-state index in [2.05, 4.69) is 5.32 Å². The van der Waals surface area contributed by atoms with E-state index < -0.39 is 29.9 Å². The summed E-state index contributed by atoms with van der Waals surface area (Å²) in [6, 6.07) is 9.67. The Morgan fingerprint density at radius 2 is 1.75 bits per heavy atom. The molecule has 0 radical (unpaired) electrons. The lowest BCUT2D eigenvalue weighted by atomic mass is 9.98. The van der Waals surface area contributed by atoms with Gasteiger partial charge in [-0.15, -0.1) is 0 Å². The summed E-state index contributed by atoms with van der Waals surface area (Å²) in [5.41, 5.74) is -0.293. The predicted molar refractivity (Wildman–Crippen MR) is 133 cm³/mol. The van der Waals surface area contributed by atoms with Crippen LogP contribution in [0.25, 0.3) is 11.1 Å². The smallest absolute Gasteiger partial charge is 0.335 e. The van der Waals surface area contributed by atoms with Gasteiger partial charge in [-0.3, -0.25) is 14.2 Å². The molecule has 36 heavy (non-hydrogen) atoms. The molecule has 0 saturated carbocycles. The number of carbonyl (C=O) groups excluding carboxylic acids is 1. The number of methoxy groups -OCH3 is 1. The van der Waals surface area contributed by atoms with Gasteiger partial charge in [0.15, 0.2) is 0 Å². The number of hydrogen-bond donors (Lipinski definition) is 2. The predicted octanol–water partition coefficient (Wildman–Crippen LogP) is 6.04. The molecule has 0 fully saturated rings. The van der Waals surface area contributed by atoms with Gasteiger partial charge in [0, 0.05) is 27.9 Å². The number of benzene rings is 2. The zero-order chi connectivity index (χ0) is 26.6. The van der Waals surface area contributed by atoms with Crippen molar-refractivity contribution in [2.24, 2.45) is 5.92 Å². The molecule has 0 bridgehead atoms. The summed E-state index contributed by atoms with van der Waals surface area (Å²) in [6.07, 6.45) is -1.19. The van der Waals surface area contributed by atoms with Gasteiger partial charge >= 0.3 is 5.97 Å². The van der Waals surface area contributed by atoms with E-state index in [1.807, 2.05) is 13.8 Å². The Labute approximate surface area is 211 Å². The lowest BCUT2D eigenvalue weighted by Crippen LogP contribution is -2.34. The van der Waals surface area contributed by atoms with Crippen molar-refractivity contribution in [1.29, 1.82) is 0 Å². The van der Waals surface area contributed by atoms with Crippen LogP contribution < -0.4 is 15.6 Å². The first-order chi connectivity index (χ1) is 17.0. The van der Waals surface area contributed by atoms with Gasteiger partial charge in [0.1, 0.15) is 11.8 Å². The van der Waals surface area contributed by atoms with Crippen LogP contribution in [-0.2, 0) is 4.79 Å². The minimum absolute atomic E-state index is 0.0195. The average molecular weight is 519 g/mol. The van der Waals surface area contributed by atoms with E-state index >= 15 is 0 Å². The number of rotatable bonds is 9. The second kappa shape index (κ2) is 11.3. The van der Waals surface area contributed by atoms with E-state index in [9.17, 15) is 23.2 Å². The number of aromatic carboxylic acids is 1. The molecule has 190 valence electrons. The number of carboxylic acids is 1. The van der Waals surface area contributed by atoms with Gasteiger partial charge in [-0.25, -0.2) is 13.6 Å². The Balaban J connectivity index is 2.05. The van der Waals surface area contributed by atoms with Crippen LogP contribution in [-0.4, -0.2) is 28.7 Å². The molecule has 1 heterocycles. The first-order valence-electron chi connectivity index (χ1n) is 11.0. The number of anilines is 1. The Kier molecular flexibility index (Phi) is 8.47. The minimum atomic E-state index is -2.81. The van der Waals surface area contributed by atoms with Crippen molar-refractivity contribution in [3.8, 4) is 16.9 Å². The van der Waals surface area contributed by atoms with Crippen LogP contribution >= 0.6 is 11.6 Å². The molecular formula is C26H25ClF2N2O5. The molecule has 7 nitrogen and oxygen atoms in total. The summed E-state index contributed by atoms with van der Waals surface area (Å²) in [5.74, 6) is -1.46. The number of aromatic nitrogens is 1. The number of halogens is 3. The molecule has 1 aromatic heterocycles. The molecule has 10 heteroatoms. The number of carboxylic acid groups (broad SMARTS) is 1. The van der Waals surface area contributed by atoms with Crippen LogP contribution in [0.5, 0.6) is 5.75 Å². The summed E-state index contributed by atoms with van der Waals surface area (Å²) in [5, 5.41) is 12.0. The third-order valence-corrected chi connectivity index (χ3v) is 5.77. The zero-order valence-electron chi connectivity index (χ0n) is 19.8. The monoisotopic (exact) mass is 518 g/mol. The molecule has 0 aliphatic heterocycles. The fraction of sp³-hybridized carbons (Fsp3) is 0.269. The SMILES string of the molecule is COc1cn(C(CC(C)C)C(=O)Nc2ccc(C(=O)O)cc2)c(=O)cc1-c1cc(Cl)ccc1C(F)F. The van der Waals surface area contributed by atoms with Crippen molar-refractivity contribution < 1.29 is 28.2 Å². The molecule has 0 saturated heterocycles. The van der Waals surface area contributed by atoms with E-state index in [0.29, 0.717) is 12.1 Å². The first-order valence-corrected chi connectivity index (χ1v) is 11.4. The van der Waals surface area contributed by atoms with Crippen LogP contribution in [0.15, 0.2) is 59.5 Å². The maximum atomic E-state index is 13.7. The van der Waals surface area contributed by atoms with Crippen molar-refractivity contribution in [2.75, 3.05) is 12.4 Å². The zero-order valence-corrected chi connectivity index (χ0v) is 20.6. The van der Waals surface area contributed by atoms with E-state index in [1.165, 1.54) is 60.3 Å². The number of hydrogen-bond acceptors (Lipinski definition) is 4. The van der Waals surface area contributed by atoms with Crippen molar-refractivity contribution in [3.63, 3.8) is 0 Å². The highest BCUT2D eigenvalue weighted by Gasteiger charge is 2.26. The standard InChI is InChI=1S/C26H25ClF2N2O5/c1-14(2)10-21(25(33)30-17-7-4-15(5-8-17)26(34)35)31-13-22(36-3)20(12-23(31)32)19-11-16(27)6-9-18(19)24(28)29/h4-9,11-14,21,24H,10H2,1-3H3,(H,30,33)(H,34,35). The van der Waals surface area contributed by atoms with Gasteiger partial charge in [0.05, 0.1) is 18.9 Å². The van der Waals surface area contributed by atoms with Crippen molar-refractivity contribution >= 4 is 29.2 Å². The van der Waals surface area contributed by atoms with Gasteiger partial charge < -0.3 is 15.2 Å². The second-order valence-corrected chi connectivity index (χ2v) is 8.99. The highest BCUT2D eigenvalue weighted by molar-refractivity contribution is 6.30. The van der Waals surface area contributed by atoms with Crippen molar-refractivity contribution in [2.45, 2.75) is 32.7 Å². The van der Waals surface area contributed by atoms with E-state index in [4.69, 9.17) is 21.4 Å². The lowest BCUT2D eigenvalue weighted by molar-refractivity contribution is -0.119. The normalized spacial score (nSPS) is 12.0. The number of ether oxygens (including phenoxy) is 1. The Hall–Kier alpha value is -3.72. The molecule has 0 aliphatic rings. The summed E-state index contributed by atoms with van der Waals surface area (Å²) in [6.45, 7) is 3.78. The molecule has 3 rings (SSSR count). The number of nitrogens with zero attached hydrogens (tertiary/aromatic N) is 1. The van der Waals surface area contributed by atoms with Crippen molar-refractivity contribution in [3.05, 3.63) is 81.2 Å². The highest BCUT2D eigenvalue weighted by Crippen LogP contribution is 2.37. The summed E-state index contributed by atoms with van der Waals surface area (Å²) in [7, 11) is 1.34. The van der Waals surface area contributed by atoms with E-state index in [-0.39, 0.29) is 38.9 Å². The van der Waals surface area contributed by atoms with Crippen LogP contribution in [0.3, 0.4) is 0 Å². The molecule has 1 unspecified atom stereocenters. The number of pyridine rings is 1. The molecule has 1 amide bonds. The molecule has 1 atom stereocenters. The summed E-state index contributed by atoms with van der Waals surface area (Å²) >= 11 is 6.04. The number of amides is 1. The maximum absolute atomic E-state index is 13.7. The van der Waals surface area contributed by atoms with Gasteiger partial charge in [0.25, 0.3) is 12.0 Å². The molecule has 0 spiro atoms. The number of carbonyl (C=O) groups is 2. The van der Waals surface area contributed by atoms with Crippen LogP contribution in [0.1, 0.15) is 48.7 Å². The fourth-order valence-corrected chi connectivity index (χ4v) is 3.98. The maximum Gasteiger partial charge on any atom is 0.335 e. The van der Waals surface area contributed by atoms with E-state index in [0.717, 1.165) is 6.07 Å². The Morgan fingerprint density at radius 1 is 1.08 bits per heavy atom. The Morgan fingerprint density at radius 3 is 2.31 bits per heavy atom. The quantitative estimate of drug-likeness (QED) is 0.360. The van der Waals surface area contributed by atoms with Gasteiger partial charge in [-0.1, -0.05) is 31.5 Å². The van der Waals surface area contributed by atoms with Crippen LogP contribution in [0.2, 0.25) is 5.02 Å². The van der Waals surface area contributed by atoms with E-state index in [1.54, 1.807) is 0 Å². The summed E-state index contributed by atoms with van der Waals surface area (Å²) in [4.78, 5) is 37.5. The highest BCUT2D eigenvalue weighted by atomic mass is 35.5. The largest absolute Gasteiger partial charge is 0.495 e. The lowest BCUT2D eigenvalue weighted by Gasteiger charge is -2.23. The van der Waals surface area contributed by atoms with Crippen LogP contribution in [0.4, 0.5) is 14.5 Å². The van der Waals surface area contributed by atoms with Gasteiger partial charge in [0.2, 0.25) is 5.91 Å². The number of alkyl halides is 2. The molecular weight excluding hydrogens is 494 g/mol. The van der Waals surface area contributed by atoms with Gasteiger partial charge in [-0.05, 0) is 54.3 Å². The minimum Gasteiger partial charge on any atom is -0.495 e. The molecule has 2 aromatic carbocycles. The summed E-state index contributed by atoms with van der Waals surface area (Å²) < 4.78 is 34.0. The van der Waals surface area contributed by atoms with Crippen molar-refractivity contribution in [1.82, 2.24) is 4.57 Å². The Bertz CT molecular complexity index is 1320. The molecule has 2 N–H and O–H groups in total. The topological polar surface area (TPSA) is 97.6 Å². The third-order valence-electron chi connectivity index (χ3n) is 5.54. The molecule has 3 aromatic rings. The van der Waals surface area contributed by atoms with Gasteiger partial charge in [-0.2, -0.15) is 0 Å². The second-order valence-electron chi connectivity index (χ2n) is 8.55. The average Bonchev–Trinajstić information content (AvgIpc) is 2.82.